The molecule has 1 aromatic rings. The maximum absolute atomic E-state index is 12.4. The molecule has 116 valence electrons. The Balaban J connectivity index is 1.46. The first-order valence-corrected chi connectivity index (χ1v) is 9.97. The van der Waals surface area contributed by atoms with Crippen LogP contribution >= 0.6 is 23.5 Å². The molecule has 3 nitrogen and oxygen atoms in total. The van der Waals surface area contributed by atoms with Gasteiger partial charge in [-0.3, -0.25) is 4.79 Å². The fourth-order valence-electron chi connectivity index (χ4n) is 3.06. The summed E-state index contributed by atoms with van der Waals surface area (Å²) in [5, 5.41) is 1.13. The minimum absolute atomic E-state index is 0.326. The van der Waals surface area contributed by atoms with Crippen molar-refractivity contribution in [1.82, 2.24) is 4.90 Å². The highest BCUT2D eigenvalue weighted by atomic mass is 32.2. The summed E-state index contributed by atoms with van der Waals surface area (Å²) in [4.78, 5) is 14.4. The monoisotopic (exact) mass is 325 g/mol. The van der Waals surface area contributed by atoms with Crippen molar-refractivity contribution in [2.45, 2.75) is 42.6 Å². The largest absolute Gasteiger partial charge is 0.468 e. The topological polar surface area (TPSA) is 33.5 Å². The van der Waals surface area contributed by atoms with E-state index >= 15 is 0 Å². The third-order valence-electron chi connectivity index (χ3n) is 4.30. The van der Waals surface area contributed by atoms with Crippen LogP contribution in [0, 0.1) is 0 Å². The third-order valence-corrected chi connectivity index (χ3v) is 6.94. The quantitative estimate of drug-likeness (QED) is 0.839. The van der Waals surface area contributed by atoms with Crippen molar-refractivity contribution in [3.8, 4) is 0 Å². The Bertz CT molecular complexity index is 443. The summed E-state index contributed by atoms with van der Waals surface area (Å²) in [6.45, 7) is 1.74. The van der Waals surface area contributed by atoms with Crippen molar-refractivity contribution in [2.75, 3.05) is 24.6 Å². The van der Waals surface area contributed by atoms with E-state index in [1.165, 1.54) is 25.7 Å². The number of carbonyl (C=O) groups excluding carboxylic acids is 1. The van der Waals surface area contributed by atoms with Gasteiger partial charge in [-0.15, -0.1) is 23.5 Å². The standard InChI is InChI=1S/C16H23NO2S2/c18-16(12-21-13-4-1-2-5-13)17-8-7-15(20-11-9-17)14-6-3-10-19-14/h3,6,10,13,15H,1-2,4-5,7-9,11-12H2. The lowest BCUT2D eigenvalue weighted by molar-refractivity contribution is -0.128. The van der Waals surface area contributed by atoms with Gasteiger partial charge in [-0.2, -0.15) is 0 Å². The van der Waals surface area contributed by atoms with Crippen molar-refractivity contribution in [2.24, 2.45) is 0 Å². The normalized spacial score (nSPS) is 24.2. The highest BCUT2D eigenvalue weighted by Crippen LogP contribution is 2.35. The van der Waals surface area contributed by atoms with Crippen LogP contribution in [0.5, 0.6) is 0 Å². The summed E-state index contributed by atoms with van der Waals surface area (Å²) in [5.41, 5.74) is 0. The molecule has 2 fully saturated rings. The molecule has 3 rings (SSSR count). The van der Waals surface area contributed by atoms with Crippen LogP contribution in [0.2, 0.25) is 0 Å². The van der Waals surface area contributed by atoms with Crippen LogP contribution in [-0.2, 0) is 4.79 Å². The van der Waals surface area contributed by atoms with Gasteiger partial charge in [0.1, 0.15) is 5.76 Å². The zero-order chi connectivity index (χ0) is 14.5. The van der Waals surface area contributed by atoms with E-state index in [0.29, 0.717) is 16.9 Å². The zero-order valence-corrected chi connectivity index (χ0v) is 14.0. The molecule has 1 unspecified atom stereocenters. The Labute approximate surface area is 135 Å². The van der Waals surface area contributed by atoms with Gasteiger partial charge < -0.3 is 9.32 Å². The van der Waals surface area contributed by atoms with Gasteiger partial charge in [-0.05, 0) is 31.4 Å². The van der Waals surface area contributed by atoms with Gasteiger partial charge in [0.25, 0.3) is 0 Å². The molecule has 0 bridgehead atoms. The smallest absolute Gasteiger partial charge is 0.232 e. The summed E-state index contributed by atoms with van der Waals surface area (Å²) in [6, 6.07) is 3.99. The second kappa shape index (κ2) is 7.63. The van der Waals surface area contributed by atoms with Crippen molar-refractivity contribution < 1.29 is 9.21 Å². The van der Waals surface area contributed by atoms with Gasteiger partial charge in [0.2, 0.25) is 5.91 Å². The first-order chi connectivity index (χ1) is 10.3. The van der Waals surface area contributed by atoms with Crippen molar-refractivity contribution in [1.29, 1.82) is 0 Å². The Morgan fingerprint density at radius 1 is 1.33 bits per heavy atom. The number of amides is 1. The van der Waals surface area contributed by atoms with Gasteiger partial charge >= 0.3 is 0 Å². The van der Waals surface area contributed by atoms with E-state index in [2.05, 4.69) is 4.90 Å². The van der Waals surface area contributed by atoms with E-state index in [1.54, 1.807) is 6.26 Å². The van der Waals surface area contributed by atoms with Crippen LogP contribution in [0.25, 0.3) is 0 Å². The number of rotatable bonds is 4. The van der Waals surface area contributed by atoms with Crippen LogP contribution in [0.3, 0.4) is 0 Å². The van der Waals surface area contributed by atoms with Crippen LogP contribution in [0.4, 0.5) is 0 Å². The molecule has 1 aromatic heterocycles. The molecule has 0 radical (unpaired) electrons. The number of furan rings is 1. The second-order valence-corrected chi connectivity index (χ2v) is 8.36. The second-order valence-electron chi connectivity index (χ2n) is 5.76. The van der Waals surface area contributed by atoms with E-state index in [9.17, 15) is 4.79 Å². The summed E-state index contributed by atoms with van der Waals surface area (Å²) < 4.78 is 5.51. The SMILES string of the molecule is O=C(CSC1CCCC1)N1CCSC(c2ccco2)CC1. The van der Waals surface area contributed by atoms with Crippen molar-refractivity contribution in [3.63, 3.8) is 0 Å². The van der Waals surface area contributed by atoms with Crippen molar-refractivity contribution >= 4 is 29.4 Å². The van der Waals surface area contributed by atoms with E-state index in [4.69, 9.17) is 4.42 Å². The predicted octanol–water partition coefficient (Wildman–Crippen LogP) is 3.96. The van der Waals surface area contributed by atoms with E-state index in [-0.39, 0.29) is 0 Å². The minimum Gasteiger partial charge on any atom is -0.468 e. The molecule has 0 spiro atoms. The fraction of sp³-hybridized carbons (Fsp3) is 0.688. The highest BCUT2D eigenvalue weighted by Gasteiger charge is 2.24. The lowest BCUT2D eigenvalue weighted by atomic mass is 10.2. The Hall–Kier alpha value is -0.550. The molecule has 1 amide bonds. The fourth-order valence-corrected chi connectivity index (χ4v) is 5.47. The molecule has 5 heteroatoms. The lowest BCUT2D eigenvalue weighted by Crippen LogP contribution is -2.34. The van der Waals surface area contributed by atoms with Gasteiger partial charge in [0, 0.05) is 24.1 Å². The molecule has 21 heavy (non-hydrogen) atoms. The first kappa shape index (κ1) is 15.3. The Kier molecular flexibility index (Phi) is 5.58. The summed E-state index contributed by atoms with van der Waals surface area (Å²) >= 11 is 3.79. The average Bonchev–Trinajstić information content (AvgIpc) is 3.15. The maximum Gasteiger partial charge on any atom is 0.232 e. The Morgan fingerprint density at radius 3 is 2.95 bits per heavy atom. The van der Waals surface area contributed by atoms with Crippen LogP contribution in [0.1, 0.15) is 43.1 Å². The molecule has 0 N–H and O–H groups in total. The average molecular weight is 325 g/mol. The van der Waals surface area contributed by atoms with Crippen LogP contribution in [-0.4, -0.2) is 40.7 Å². The molecular weight excluding hydrogens is 302 g/mol. The van der Waals surface area contributed by atoms with Crippen molar-refractivity contribution in [3.05, 3.63) is 24.2 Å². The van der Waals surface area contributed by atoms with Crippen LogP contribution in [0.15, 0.2) is 22.8 Å². The summed E-state index contributed by atoms with van der Waals surface area (Å²) in [7, 11) is 0. The van der Waals surface area contributed by atoms with Gasteiger partial charge in [0.15, 0.2) is 0 Å². The third kappa shape index (κ3) is 4.22. The highest BCUT2D eigenvalue weighted by molar-refractivity contribution is 8.00. The van der Waals surface area contributed by atoms with Gasteiger partial charge in [-0.1, -0.05) is 12.8 Å². The molecule has 1 saturated heterocycles. The van der Waals surface area contributed by atoms with E-state index in [0.717, 1.165) is 36.3 Å². The lowest BCUT2D eigenvalue weighted by Gasteiger charge is -2.20. The molecule has 1 aliphatic heterocycles. The molecule has 1 atom stereocenters. The molecule has 2 heterocycles. The summed E-state index contributed by atoms with van der Waals surface area (Å²) in [5.74, 6) is 3.05. The van der Waals surface area contributed by atoms with Crippen LogP contribution < -0.4 is 0 Å². The van der Waals surface area contributed by atoms with Gasteiger partial charge in [-0.25, -0.2) is 0 Å². The minimum atomic E-state index is 0.326. The first-order valence-electron chi connectivity index (χ1n) is 7.87. The predicted molar refractivity (Wildman–Crippen MR) is 89.8 cm³/mol. The number of hydrogen-bond donors (Lipinski definition) is 0. The van der Waals surface area contributed by atoms with Gasteiger partial charge in [0.05, 0.1) is 17.3 Å². The number of nitrogens with zero attached hydrogens (tertiary/aromatic N) is 1. The summed E-state index contributed by atoms with van der Waals surface area (Å²) in [6.07, 6.45) is 8.02. The number of carbonyl (C=O) groups is 1. The maximum atomic E-state index is 12.4. The number of thioether (sulfide) groups is 2. The molecular formula is C16H23NO2S2. The molecule has 1 aliphatic carbocycles. The molecule has 0 aromatic carbocycles. The Morgan fingerprint density at radius 2 is 2.19 bits per heavy atom. The number of hydrogen-bond acceptors (Lipinski definition) is 4. The molecule has 2 aliphatic rings. The van der Waals surface area contributed by atoms with E-state index < -0.39 is 0 Å². The van der Waals surface area contributed by atoms with E-state index in [1.807, 2.05) is 35.7 Å². The zero-order valence-electron chi connectivity index (χ0n) is 12.3. The molecule has 1 saturated carbocycles.